The molecular weight excluding hydrogens is 330 g/mol. The molecule has 3 aromatic rings. The summed E-state index contributed by atoms with van der Waals surface area (Å²) >= 11 is 0. The minimum Gasteiger partial charge on any atom is -0.456 e. The van der Waals surface area contributed by atoms with Crippen LogP contribution in [0.2, 0.25) is 0 Å². The van der Waals surface area contributed by atoms with Gasteiger partial charge in [-0.3, -0.25) is 9.59 Å². The largest absolute Gasteiger partial charge is 0.456 e. The van der Waals surface area contributed by atoms with Gasteiger partial charge in [-0.1, -0.05) is 30.3 Å². The number of carbonyl (C=O) groups is 1. The van der Waals surface area contributed by atoms with Crippen molar-refractivity contribution in [2.45, 2.75) is 32.9 Å². The molecule has 0 aliphatic rings. The number of benzene rings is 1. The summed E-state index contributed by atoms with van der Waals surface area (Å²) in [4.78, 5) is 28.5. The number of carbonyl (C=O) groups excluding carboxylic acids is 1. The molecule has 0 radical (unpaired) electrons. The third-order valence-corrected chi connectivity index (χ3v) is 4.20. The summed E-state index contributed by atoms with van der Waals surface area (Å²) in [6.07, 6.45) is 4.36. The van der Waals surface area contributed by atoms with Crippen LogP contribution < -0.4 is 10.7 Å². The fourth-order valence-corrected chi connectivity index (χ4v) is 2.86. The molecule has 6 heteroatoms. The number of nitrogens with zero attached hydrogens (tertiary/aromatic N) is 2. The molecule has 2 aromatic heterocycles. The number of hydrogen-bond donors (Lipinski definition) is 1. The van der Waals surface area contributed by atoms with Gasteiger partial charge in [0, 0.05) is 31.1 Å². The highest BCUT2D eigenvalue weighted by atomic mass is 16.3. The molecule has 6 nitrogen and oxygen atoms in total. The van der Waals surface area contributed by atoms with Crippen molar-refractivity contribution in [3.8, 4) is 0 Å². The van der Waals surface area contributed by atoms with Crippen LogP contribution in [0.15, 0.2) is 64.1 Å². The second kappa shape index (κ2) is 7.82. The molecule has 0 aliphatic carbocycles. The molecular formula is C20H21N3O3. The molecule has 26 heavy (non-hydrogen) atoms. The van der Waals surface area contributed by atoms with E-state index in [1.807, 2.05) is 48.0 Å². The lowest BCUT2D eigenvalue weighted by Gasteiger charge is -2.19. The molecule has 0 saturated carbocycles. The van der Waals surface area contributed by atoms with Gasteiger partial charge < -0.3 is 14.3 Å². The number of imidazole rings is 1. The van der Waals surface area contributed by atoms with Gasteiger partial charge in [0.25, 0.3) is 5.91 Å². The Bertz CT molecular complexity index is 944. The first-order chi connectivity index (χ1) is 12.5. The topological polar surface area (TPSA) is 77.1 Å². The maximum atomic E-state index is 12.6. The molecule has 0 bridgehead atoms. The van der Waals surface area contributed by atoms with Crippen LogP contribution in [0.1, 0.15) is 40.2 Å². The van der Waals surface area contributed by atoms with Crippen molar-refractivity contribution < 1.29 is 9.21 Å². The van der Waals surface area contributed by atoms with Gasteiger partial charge in [-0.05, 0) is 25.8 Å². The van der Waals surface area contributed by atoms with E-state index >= 15 is 0 Å². The molecule has 1 N–H and O–H groups in total. The Balaban J connectivity index is 1.80. The molecule has 0 spiro atoms. The minimum atomic E-state index is -0.401. The quantitative estimate of drug-likeness (QED) is 0.740. The lowest BCUT2D eigenvalue weighted by molar-refractivity contribution is 0.0901. The van der Waals surface area contributed by atoms with Gasteiger partial charge in [0.1, 0.15) is 11.6 Å². The predicted octanol–water partition coefficient (Wildman–Crippen LogP) is 3.01. The van der Waals surface area contributed by atoms with Crippen molar-refractivity contribution >= 4 is 5.91 Å². The van der Waals surface area contributed by atoms with E-state index in [2.05, 4.69) is 10.3 Å². The van der Waals surface area contributed by atoms with Gasteiger partial charge in [-0.2, -0.15) is 0 Å². The summed E-state index contributed by atoms with van der Waals surface area (Å²) < 4.78 is 7.44. The summed E-state index contributed by atoms with van der Waals surface area (Å²) in [6, 6.07) is 12.1. The molecule has 1 unspecified atom stereocenters. The first-order valence-corrected chi connectivity index (χ1v) is 8.48. The second-order valence-corrected chi connectivity index (χ2v) is 6.16. The first-order valence-electron chi connectivity index (χ1n) is 8.48. The van der Waals surface area contributed by atoms with Crippen LogP contribution in [0.5, 0.6) is 0 Å². The average molecular weight is 351 g/mol. The van der Waals surface area contributed by atoms with E-state index in [0.717, 1.165) is 11.4 Å². The lowest BCUT2D eigenvalue weighted by atomic mass is 10.0. The van der Waals surface area contributed by atoms with E-state index in [-0.39, 0.29) is 17.2 Å². The molecule has 0 saturated heterocycles. The maximum absolute atomic E-state index is 12.6. The summed E-state index contributed by atoms with van der Waals surface area (Å²) in [5, 5.41) is 2.98. The van der Waals surface area contributed by atoms with Gasteiger partial charge in [0.05, 0.1) is 6.04 Å². The van der Waals surface area contributed by atoms with E-state index < -0.39 is 5.91 Å². The van der Waals surface area contributed by atoms with Crippen molar-refractivity contribution in [1.82, 2.24) is 14.9 Å². The standard InChI is InChI=1S/C20H21N3O3/c1-14-12-17(24)13-19(26-14)20(25)22-18(16-6-4-3-5-7-16)8-10-23-11-9-21-15(23)2/h3-7,9,11-13,18H,8,10H2,1-2H3,(H,22,25). The third-order valence-electron chi connectivity index (χ3n) is 4.20. The Labute approximate surface area is 151 Å². The van der Waals surface area contributed by atoms with Gasteiger partial charge >= 0.3 is 0 Å². The molecule has 1 aromatic carbocycles. The summed E-state index contributed by atoms with van der Waals surface area (Å²) in [7, 11) is 0. The Morgan fingerprint density at radius 3 is 2.65 bits per heavy atom. The van der Waals surface area contributed by atoms with E-state index in [4.69, 9.17) is 4.42 Å². The number of aryl methyl sites for hydroxylation is 3. The SMILES string of the molecule is Cc1cc(=O)cc(C(=O)NC(CCn2ccnc2C)c2ccccc2)o1. The van der Waals surface area contributed by atoms with Gasteiger partial charge in [0.15, 0.2) is 11.2 Å². The van der Waals surface area contributed by atoms with E-state index in [1.165, 1.54) is 12.1 Å². The average Bonchev–Trinajstić information content (AvgIpc) is 3.03. The summed E-state index contributed by atoms with van der Waals surface area (Å²) in [5.41, 5.74) is 0.748. The first kappa shape index (κ1) is 17.7. The number of rotatable bonds is 6. The third kappa shape index (κ3) is 4.27. The van der Waals surface area contributed by atoms with E-state index in [0.29, 0.717) is 18.7 Å². The van der Waals surface area contributed by atoms with Crippen molar-refractivity contribution in [1.29, 1.82) is 0 Å². The fraction of sp³-hybridized carbons (Fsp3) is 0.250. The van der Waals surface area contributed by atoms with Gasteiger partial charge in [-0.25, -0.2) is 4.98 Å². The van der Waals surface area contributed by atoms with E-state index in [1.54, 1.807) is 13.1 Å². The molecule has 0 fully saturated rings. The Hall–Kier alpha value is -3.15. The molecule has 0 aliphatic heterocycles. The normalized spacial score (nSPS) is 11.9. The highest BCUT2D eigenvalue weighted by Crippen LogP contribution is 2.19. The molecule has 3 rings (SSSR count). The van der Waals surface area contributed by atoms with Crippen molar-refractivity contribution in [2.75, 3.05) is 0 Å². The Kier molecular flexibility index (Phi) is 5.31. The Morgan fingerprint density at radius 1 is 1.23 bits per heavy atom. The lowest BCUT2D eigenvalue weighted by Crippen LogP contribution is -2.30. The summed E-state index contributed by atoms with van der Waals surface area (Å²) in [5.74, 6) is 0.956. The zero-order valence-corrected chi connectivity index (χ0v) is 14.8. The van der Waals surface area contributed by atoms with Crippen molar-refractivity contribution in [3.05, 3.63) is 88.0 Å². The van der Waals surface area contributed by atoms with Crippen LogP contribution in [0.3, 0.4) is 0 Å². The van der Waals surface area contributed by atoms with Crippen LogP contribution in [0.4, 0.5) is 0 Å². The van der Waals surface area contributed by atoms with Gasteiger partial charge in [-0.15, -0.1) is 0 Å². The molecule has 134 valence electrons. The smallest absolute Gasteiger partial charge is 0.287 e. The van der Waals surface area contributed by atoms with Crippen LogP contribution in [-0.2, 0) is 6.54 Å². The van der Waals surface area contributed by atoms with E-state index in [9.17, 15) is 9.59 Å². The maximum Gasteiger partial charge on any atom is 0.287 e. The molecule has 1 atom stereocenters. The summed E-state index contributed by atoms with van der Waals surface area (Å²) in [6.45, 7) is 4.30. The second-order valence-electron chi connectivity index (χ2n) is 6.16. The van der Waals surface area contributed by atoms with Crippen molar-refractivity contribution in [2.24, 2.45) is 0 Å². The Morgan fingerprint density at radius 2 is 2.00 bits per heavy atom. The van der Waals surface area contributed by atoms with Crippen LogP contribution in [0, 0.1) is 13.8 Å². The van der Waals surface area contributed by atoms with Gasteiger partial charge in [0.2, 0.25) is 0 Å². The predicted molar refractivity (Wildman–Crippen MR) is 97.9 cm³/mol. The monoisotopic (exact) mass is 351 g/mol. The van der Waals surface area contributed by atoms with Crippen molar-refractivity contribution in [3.63, 3.8) is 0 Å². The number of hydrogen-bond acceptors (Lipinski definition) is 4. The molecule has 2 heterocycles. The molecule has 1 amide bonds. The van der Waals surface area contributed by atoms with Crippen LogP contribution in [0.25, 0.3) is 0 Å². The number of amides is 1. The fourth-order valence-electron chi connectivity index (χ4n) is 2.86. The minimum absolute atomic E-state index is 0.0229. The highest BCUT2D eigenvalue weighted by molar-refractivity contribution is 5.91. The zero-order valence-electron chi connectivity index (χ0n) is 14.8. The van der Waals surface area contributed by atoms with Crippen LogP contribution in [-0.4, -0.2) is 15.5 Å². The number of aromatic nitrogens is 2. The number of nitrogens with one attached hydrogen (secondary N) is 1. The zero-order chi connectivity index (χ0) is 18.5. The van der Waals surface area contributed by atoms with Crippen LogP contribution >= 0.6 is 0 Å². The highest BCUT2D eigenvalue weighted by Gasteiger charge is 2.18.